The van der Waals surface area contributed by atoms with E-state index in [9.17, 15) is 25.2 Å². The fourth-order valence-electron chi connectivity index (χ4n) is 4.51. The highest BCUT2D eigenvalue weighted by molar-refractivity contribution is 7.99. The molecule has 5 rings (SSSR count). The lowest BCUT2D eigenvalue weighted by Crippen LogP contribution is -2.32. The summed E-state index contributed by atoms with van der Waals surface area (Å²) < 4.78 is 14.3. The smallest absolute Gasteiger partial charge is 0.351 e. The van der Waals surface area contributed by atoms with E-state index in [2.05, 4.69) is 19.9 Å². The van der Waals surface area contributed by atoms with Crippen molar-refractivity contribution < 1.29 is 29.9 Å². The van der Waals surface area contributed by atoms with Crippen LogP contribution in [-0.2, 0) is 15.9 Å². The van der Waals surface area contributed by atoms with Gasteiger partial charge in [0.15, 0.2) is 17.7 Å². The van der Waals surface area contributed by atoms with Gasteiger partial charge in [-0.15, -0.1) is 0 Å². The van der Waals surface area contributed by atoms with Crippen LogP contribution >= 0.6 is 11.8 Å². The monoisotopic (exact) mass is 536 g/mol. The molecule has 3 aromatic rings. The first-order chi connectivity index (χ1) is 17.8. The van der Waals surface area contributed by atoms with E-state index in [0.717, 1.165) is 0 Å². The molecule has 200 valence electrons. The molecule has 2 fully saturated rings. The average Bonchev–Trinajstić information content (AvgIpc) is 3.55. The Kier molecular flexibility index (Phi) is 7.30. The van der Waals surface area contributed by atoms with Gasteiger partial charge in [-0.25, -0.2) is 19.7 Å². The highest BCUT2D eigenvalue weighted by Crippen LogP contribution is 2.33. The number of anilines is 2. The zero-order valence-corrected chi connectivity index (χ0v) is 20.4. The predicted molar refractivity (Wildman–Crippen MR) is 131 cm³/mol. The number of hydrogen-bond acceptors (Lipinski definition) is 14. The Morgan fingerprint density at radius 3 is 2.62 bits per heavy atom. The summed E-state index contributed by atoms with van der Waals surface area (Å²) in [5, 5.41) is 40.4. The van der Waals surface area contributed by atoms with Crippen LogP contribution in [0.2, 0.25) is 0 Å². The maximum absolute atomic E-state index is 12.3. The molecular formula is C21H28N8O7S. The summed E-state index contributed by atoms with van der Waals surface area (Å²) in [5.41, 5.74) is 12.6. The number of aliphatic hydroxyl groups is 4. The number of aryl methyl sites for hydroxylation is 1. The fraction of sp³-hybridized carbons (Fsp3) is 0.571. The van der Waals surface area contributed by atoms with Gasteiger partial charge in [0, 0.05) is 23.9 Å². The van der Waals surface area contributed by atoms with E-state index in [1.165, 1.54) is 33.6 Å². The lowest BCUT2D eigenvalue weighted by Gasteiger charge is -2.17. The van der Waals surface area contributed by atoms with Crippen molar-refractivity contribution in [3.05, 3.63) is 34.9 Å². The molecule has 0 aromatic carbocycles. The Hall–Kier alpha value is -2.86. The van der Waals surface area contributed by atoms with E-state index in [-0.39, 0.29) is 24.7 Å². The molecule has 7 atom stereocenters. The SMILES string of the molecule is Nc1nc(=O)n([C@H]2C[C@H](O)[C@@H](CO)O2)cc1CCSC[C@H]1O[C@@H](n2cnc3c(N)ncnc32)[C@H](O)[C@@H]1O. The fourth-order valence-corrected chi connectivity index (χ4v) is 5.54. The Balaban J connectivity index is 1.20. The van der Waals surface area contributed by atoms with Crippen molar-refractivity contribution in [1.82, 2.24) is 29.1 Å². The molecule has 5 heterocycles. The van der Waals surface area contributed by atoms with Crippen molar-refractivity contribution >= 4 is 34.6 Å². The second-order valence-electron chi connectivity index (χ2n) is 8.91. The number of nitrogens with zero attached hydrogens (tertiary/aromatic N) is 6. The zero-order chi connectivity index (χ0) is 26.3. The molecule has 0 bridgehead atoms. The first-order valence-corrected chi connectivity index (χ1v) is 12.8. The number of nitrogen functional groups attached to an aromatic ring is 2. The number of aliphatic hydroxyl groups excluding tert-OH is 4. The minimum atomic E-state index is -1.20. The van der Waals surface area contributed by atoms with Crippen molar-refractivity contribution in [2.45, 2.75) is 55.8 Å². The van der Waals surface area contributed by atoms with Crippen LogP contribution in [-0.4, -0.2) is 98.1 Å². The van der Waals surface area contributed by atoms with Gasteiger partial charge in [0.05, 0.1) is 25.1 Å². The molecule has 8 N–H and O–H groups in total. The van der Waals surface area contributed by atoms with Gasteiger partial charge < -0.3 is 41.4 Å². The highest BCUT2D eigenvalue weighted by Gasteiger charge is 2.44. The van der Waals surface area contributed by atoms with Crippen LogP contribution in [0.5, 0.6) is 0 Å². The summed E-state index contributed by atoms with van der Waals surface area (Å²) in [7, 11) is 0. The van der Waals surface area contributed by atoms with Crippen LogP contribution in [0.15, 0.2) is 23.6 Å². The first-order valence-electron chi connectivity index (χ1n) is 11.6. The molecule has 0 spiro atoms. The number of hydrogen-bond donors (Lipinski definition) is 6. The van der Waals surface area contributed by atoms with E-state index in [1.807, 2.05) is 0 Å². The normalized spacial score (nSPS) is 29.9. The van der Waals surface area contributed by atoms with Crippen LogP contribution in [0.3, 0.4) is 0 Å². The van der Waals surface area contributed by atoms with Gasteiger partial charge in [0.2, 0.25) is 0 Å². The van der Waals surface area contributed by atoms with Crippen molar-refractivity contribution in [2.24, 2.45) is 0 Å². The summed E-state index contributed by atoms with van der Waals surface area (Å²) >= 11 is 1.47. The molecule has 3 aromatic heterocycles. The highest BCUT2D eigenvalue weighted by atomic mass is 32.2. The van der Waals surface area contributed by atoms with E-state index in [4.69, 9.17) is 20.9 Å². The number of aromatic nitrogens is 6. The van der Waals surface area contributed by atoms with Gasteiger partial charge in [0.25, 0.3) is 0 Å². The topological polar surface area (TPSA) is 230 Å². The Morgan fingerprint density at radius 2 is 1.86 bits per heavy atom. The molecule has 15 nitrogen and oxygen atoms in total. The van der Waals surface area contributed by atoms with Gasteiger partial charge >= 0.3 is 5.69 Å². The third-order valence-electron chi connectivity index (χ3n) is 6.55. The summed E-state index contributed by atoms with van der Waals surface area (Å²) in [6, 6.07) is 0. The molecule has 2 saturated heterocycles. The summed E-state index contributed by atoms with van der Waals surface area (Å²) in [4.78, 5) is 28.4. The van der Waals surface area contributed by atoms with Crippen LogP contribution in [0.4, 0.5) is 11.6 Å². The van der Waals surface area contributed by atoms with Crippen LogP contribution in [0.25, 0.3) is 11.2 Å². The number of fused-ring (bicyclic) bond motifs is 1. The molecular weight excluding hydrogens is 508 g/mol. The maximum Gasteiger partial charge on any atom is 0.351 e. The lowest BCUT2D eigenvalue weighted by molar-refractivity contribution is -0.0459. The minimum Gasteiger partial charge on any atom is -0.394 e. The molecule has 16 heteroatoms. The molecule has 0 aliphatic carbocycles. The summed E-state index contributed by atoms with van der Waals surface area (Å²) in [6.07, 6.45) is -1.40. The second-order valence-corrected chi connectivity index (χ2v) is 10.1. The minimum absolute atomic E-state index is 0.0972. The lowest BCUT2D eigenvalue weighted by atomic mass is 10.1. The Labute approximate surface area is 214 Å². The van der Waals surface area contributed by atoms with Crippen LogP contribution in [0, 0.1) is 0 Å². The van der Waals surface area contributed by atoms with Crippen LogP contribution < -0.4 is 17.2 Å². The van der Waals surface area contributed by atoms with Gasteiger partial charge in [0.1, 0.15) is 42.2 Å². The first kappa shape index (κ1) is 25.8. The number of imidazole rings is 1. The Bertz CT molecular complexity index is 1320. The van der Waals surface area contributed by atoms with Gasteiger partial charge in [-0.05, 0) is 12.2 Å². The van der Waals surface area contributed by atoms with E-state index in [1.54, 1.807) is 6.20 Å². The molecule has 0 unspecified atom stereocenters. The number of ether oxygens (including phenoxy) is 2. The van der Waals surface area contributed by atoms with Gasteiger partial charge in [-0.2, -0.15) is 16.7 Å². The quantitative estimate of drug-likeness (QED) is 0.168. The third kappa shape index (κ3) is 4.88. The molecule has 0 saturated carbocycles. The van der Waals surface area contributed by atoms with Crippen LogP contribution in [0.1, 0.15) is 24.4 Å². The molecule has 0 radical (unpaired) electrons. The molecule has 0 amide bonds. The summed E-state index contributed by atoms with van der Waals surface area (Å²) in [6.45, 7) is -0.359. The number of nitrogens with two attached hydrogens (primary N) is 2. The van der Waals surface area contributed by atoms with E-state index < -0.39 is 48.7 Å². The van der Waals surface area contributed by atoms with E-state index in [0.29, 0.717) is 34.7 Å². The van der Waals surface area contributed by atoms with Crippen molar-refractivity contribution in [3.63, 3.8) is 0 Å². The van der Waals surface area contributed by atoms with Gasteiger partial charge in [-0.3, -0.25) is 9.13 Å². The third-order valence-corrected chi connectivity index (χ3v) is 7.61. The number of thioether (sulfide) groups is 1. The predicted octanol–water partition coefficient (Wildman–Crippen LogP) is -2.22. The summed E-state index contributed by atoms with van der Waals surface area (Å²) in [5.74, 6) is 1.23. The second kappa shape index (κ2) is 10.5. The largest absolute Gasteiger partial charge is 0.394 e. The van der Waals surface area contributed by atoms with Crippen molar-refractivity contribution in [3.8, 4) is 0 Å². The standard InChI is InChI=1S/C21H28N8O7S/c22-17-9(4-28(21(34)27-17)13-3-10(31)11(5-30)35-13)1-2-37-6-12-15(32)16(33)20(36-12)29-8-26-14-18(23)24-7-25-19(14)29/h4,7-8,10-13,15-16,20,30-33H,1-3,5-6H2,(H2,22,27,34)(H2,23,24,25)/t10-,11+,12+,13+,15+,16+,20+/m0/s1. The van der Waals surface area contributed by atoms with Gasteiger partial charge in [-0.1, -0.05) is 0 Å². The molecule has 2 aliphatic heterocycles. The molecule has 37 heavy (non-hydrogen) atoms. The molecule has 2 aliphatic rings. The zero-order valence-electron chi connectivity index (χ0n) is 19.6. The maximum atomic E-state index is 12.3. The Morgan fingerprint density at radius 1 is 1.05 bits per heavy atom. The van der Waals surface area contributed by atoms with Crippen molar-refractivity contribution in [2.75, 3.05) is 29.6 Å². The van der Waals surface area contributed by atoms with E-state index >= 15 is 0 Å². The number of rotatable bonds is 8. The van der Waals surface area contributed by atoms with Crippen molar-refractivity contribution in [1.29, 1.82) is 0 Å². The average molecular weight is 537 g/mol.